The average Bonchev–Trinajstić information content (AvgIpc) is 3.11. The van der Waals surface area contributed by atoms with Crippen molar-refractivity contribution in [2.75, 3.05) is 0 Å². The molecule has 1 unspecified atom stereocenters. The van der Waals surface area contributed by atoms with Crippen LogP contribution in [0.5, 0.6) is 0 Å². The highest BCUT2D eigenvalue weighted by atomic mass is 14.9. The number of rotatable bonds is 3. The number of H-pyrrole nitrogens is 1. The van der Waals surface area contributed by atoms with Gasteiger partial charge in [-0.2, -0.15) is 0 Å². The van der Waals surface area contributed by atoms with E-state index in [2.05, 4.69) is 38.1 Å². The Bertz CT molecular complexity index is 880. The minimum atomic E-state index is 0.0350. The predicted octanol–water partition coefficient (Wildman–Crippen LogP) is 3.53. The van der Waals surface area contributed by atoms with E-state index in [1.807, 2.05) is 42.9 Å². The summed E-state index contributed by atoms with van der Waals surface area (Å²) < 4.78 is 0. The van der Waals surface area contributed by atoms with Crippen molar-refractivity contribution in [3.8, 4) is 0 Å². The first-order chi connectivity index (χ1) is 10.9. The number of aromatic amines is 1. The normalized spacial score (nSPS) is 12.4. The Kier molecular flexibility index (Phi) is 3.12. The summed E-state index contributed by atoms with van der Waals surface area (Å²) in [5, 5.41) is 1.14. The van der Waals surface area contributed by atoms with Crippen LogP contribution in [0.4, 0.5) is 0 Å². The molecule has 0 spiro atoms. The minimum Gasteiger partial charge on any atom is -0.351 e. The van der Waals surface area contributed by atoms with Gasteiger partial charge >= 0.3 is 0 Å². The lowest BCUT2D eigenvalue weighted by atomic mass is 9.87. The quantitative estimate of drug-likeness (QED) is 0.627. The van der Waals surface area contributed by atoms with Crippen LogP contribution in [0.3, 0.4) is 0 Å². The molecule has 0 amide bonds. The van der Waals surface area contributed by atoms with Crippen molar-refractivity contribution in [1.82, 2.24) is 19.9 Å². The lowest BCUT2D eigenvalue weighted by Gasteiger charge is -2.17. The molecule has 0 aliphatic carbocycles. The van der Waals surface area contributed by atoms with E-state index in [9.17, 15) is 0 Å². The summed E-state index contributed by atoms with van der Waals surface area (Å²) in [5.74, 6) is 0.0350. The average molecular weight is 286 g/mol. The second kappa shape index (κ2) is 5.41. The monoisotopic (exact) mass is 286 g/mol. The second-order valence-corrected chi connectivity index (χ2v) is 5.13. The zero-order valence-electron chi connectivity index (χ0n) is 11.8. The fourth-order valence-electron chi connectivity index (χ4n) is 2.86. The van der Waals surface area contributed by atoms with Crippen LogP contribution in [0.2, 0.25) is 0 Å². The molecule has 0 fully saturated rings. The Labute approximate surface area is 127 Å². The van der Waals surface area contributed by atoms with Crippen LogP contribution in [-0.2, 0) is 0 Å². The molecule has 0 aliphatic rings. The van der Waals surface area contributed by atoms with Gasteiger partial charge in [0, 0.05) is 30.2 Å². The minimum absolute atomic E-state index is 0.0350. The lowest BCUT2D eigenvalue weighted by Crippen LogP contribution is -2.05. The fourth-order valence-corrected chi connectivity index (χ4v) is 2.86. The standard InChI is InChI=1S/C18H14N4/c1-5-15(14-6-3-9-21-16(14)7-1)18(17-11-20-12-22-17)13-4-2-8-19-10-13/h1-12,18H,(H,20,22). The summed E-state index contributed by atoms with van der Waals surface area (Å²) in [5.41, 5.74) is 4.27. The number of benzene rings is 1. The Morgan fingerprint density at radius 3 is 2.68 bits per heavy atom. The summed E-state index contributed by atoms with van der Waals surface area (Å²) in [7, 11) is 0. The van der Waals surface area contributed by atoms with Gasteiger partial charge in [-0.05, 0) is 29.3 Å². The Balaban J connectivity index is 1.98. The summed E-state index contributed by atoms with van der Waals surface area (Å²) in [6, 6.07) is 14.3. The van der Waals surface area contributed by atoms with Gasteiger partial charge in [-0.15, -0.1) is 0 Å². The Morgan fingerprint density at radius 1 is 0.909 bits per heavy atom. The van der Waals surface area contributed by atoms with Crippen LogP contribution in [0.25, 0.3) is 10.9 Å². The number of aromatic nitrogens is 4. The third-order valence-corrected chi connectivity index (χ3v) is 3.82. The van der Waals surface area contributed by atoms with Crippen molar-refractivity contribution in [3.05, 3.63) is 90.4 Å². The summed E-state index contributed by atoms with van der Waals surface area (Å²) >= 11 is 0. The van der Waals surface area contributed by atoms with E-state index < -0.39 is 0 Å². The van der Waals surface area contributed by atoms with Crippen LogP contribution in [0, 0.1) is 0 Å². The van der Waals surface area contributed by atoms with E-state index in [0.29, 0.717) is 0 Å². The maximum absolute atomic E-state index is 4.47. The third-order valence-electron chi connectivity index (χ3n) is 3.82. The zero-order valence-corrected chi connectivity index (χ0v) is 11.8. The molecule has 0 saturated carbocycles. The van der Waals surface area contributed by atoms with E-state index in [4.69, 9.17) is 0 Å². The van der Waals surface area contributed by atoms with Crippen molar-refractivity contribution in [2.24, 2.45) is 0 Å². The number of nitrogens with zero attached hydrogens (tertiary/aromatic N) is 3. The van der Waals surface area contributed by atoms with Gasteiger partial charge in [-0.1, -0.05) is 24.3 Å². The second-order valence-electron chi connectivity index (χ2n) is 5.13. The highest BCUT2D eigenvalue weighted by Crippen LogP contribution is 2.34. The summed E-state index contributed by atoms with van der Waals surface area (Å²) in [6.45, 7) is 0. The van der Waals surface area contributed by atoms with Gasteiger partial charge < -0.3 is 4.98 Å². The Hall–Kier alpha value is -3.01. The molecule has 0 bridgehead atoms. The maximum Gasteiger partial charge on any atom is 0.0923 e. The van der Waals surface area contributed by atoms with Crippen molar-refractivity contribution in [3.63, 3.8) is 0 Å². The largest absolute Gasteiger partial charge is 0.351 e. The Morgan fingerprint density at radius 2 is 1.86 bits per heavy atom. The number of pyridine rings is 2. The highest BCUT2D eigenvalue weighted by Gasteiger charge is 2.20. The smallest absolute Gasteiger partial charge is 0.0923 e. The molecule has 3 aromatic heterocycles. The number of hydrogen-bond donors (Lipinski definition) is 1. The van der Waals surface area contributed by atoms with Crippen LogP contribution in [0.15, 0.2) is 73.6 Å². The first-order valence-corrected chi connectivity index (χ1v) is 7.16. The zero-order chi connectivity index (χ0) is 14.8. The molecule has 0 saturated heterocycles. The molecule has 4 heteroatoms. The molecule has 4 aromatic rings. The van der Waals surface area contributed by atoms with Gasteiger partial charge in [0.1, 0.15) is 0 Å². The first-order valence-electron chi connectivity index (χ1n) is 7.16. The molecule has 4 nitrogen and oxygen atoms in total. The molecule has 0 aliphatic heterocycles. The van der Waals surface area contributed by atoms with E-state index in [1.165, 1.54) is 5.56 Å². The molecule has 1 N–H and O–H groups in total. The lowest BCUT2D eigenvalue weighted by molar-refractivity contribution is 0.931. The molecule has 1 atom stereocenters. The molecular formula is C18H14N4. The SMILES string of the molecule is c1cncc(C(c2c[nH]cn2)c2cccc3ncccc23)c1. The van der Waals surface area contributed by atoms with Gasteiger partial charge in [-0.3, -0.25) is 9.97 Å². The van der Waals surface area contributed by atoms with E-state index in [1.54, 1.807) is 12.5 Å². The van der Waals surface area contributed by atoms with Gasteiger partial charge in [0.15, 0.2) is 0 Å². The molecule has 4 rings (SSSR count). The van der Waals surface area contributed by atoms with Crippen LogP contribution < -0.4 is 0 Å². The van der Waals surface area contributed by atoms with Crippen LogP contribution in [-0.4, -0.2) is 19.9 Å². The van der Waals surface area contributed by atoms with Crippen LogP contribution >= 0.6 is 0 Å². The number of fused-ring (bicyclic) bond motifs is 1. The maximum atomic E-state index is 4.47. The summed E-state index contributed by atoms with van der Waals surface area (Å²) in [4.78, 5) is 16.2. The van der Waals surface area contributed by atoms with Crippen molar-refractivity contribution in [2.45, 2.75) is 5.92 Å². The van der Waals surface area contributed by atoms with E-state index in [-0.39, 0.29) is 5.92 Å². The van der Waals surface area contributed by atoms with Crippen LogP contribution in [0.1, 0.15) is 22.7 Å². The first kappa shape index (κ1) is 12.7. The van der Waals surface area contributed by atoms with Crippen molar-refractivity contribution in [1.29, 1.82) is 0 Å². The number of hydrogen-bond acceptors (Lipinski definition) is 3. The molecule has 3 heterocycles. The fraction of sp³-hybridized carbons (Fsp3) is 0.0556. The number of nitrogens with one attached hydrogen (secondary N) is 1. The molecule has 106 valence electrons. The predicted molar refractivity (Wildman–Crippen MR) is 85.5 cm³/mol. The van der Waals surface area contributed by atoms with Gasteiger partial charge in [0.25, 0.3) is 0 Å². The molecular weight excluding hydrogens is 272 g/mol. The van der Waals surface area contributed by atoms with Crippen molar-refractivity contribution < 1.29 is 0 Å². The summed E-state index contributed by atoms with van der Waals surface area (Å²) in [6.07, 6.45) is 9.15. The van der Waals surface area contributed by atoms with Gasteiger partial charge in [0.05, 0.1) is 23.5 Å². The van der Waals surface area contributed by atoms with Gasteiger partial charge in [-0.25, -0.2) is 4.98 Å². The molecule has 22 heavy (non-hydrogen) atoms. The molecule has 0 radical (unpaired) electrons. The number of imidazole rings is 1. The third kappa shape index (κ3) is 2.15. The van der Waals surface area contributed by atoms with Crippen molar-refractivity contribution >= 4 is 10.9 Å². The highest BCUT2D eigenvalue weighted by molar-refractivity contribution is 5.83. The van der Waals surface area contributed by atoms with Gasteiger partial charge in [0.2, 0.25) is 0 Å². The topological polar surface area (TPSA) is 54.5 Å². The van der Waals surface area contributed by atoms with E-state index >= 15 is 0 Å². The van der Waals surface area contributed by atoms with E-state index in [0.717, 1.165) is 22.2 Å². The molecule has 1 aromatic carbocycles.